The van der Waals surface area contributed by atoms with Crippen molar-refractivity contribution >= 4 is 28.1 Å². The Morgan fingerprint density at radius 2 is 2.24 bits per heavy atom. The van der Waals surface area contributed by atoms with Gasteiger partial charge >= 0.3 is 0 Å². The summed E-state index contributed by atoms with van der Waals surface area (Å²) in [7, 11) is 0. The highest BCUT2D eigenvalue weighted by Crippen LogP contribution is 2.42. The van der Waals surface area contributed by atoms with Crippen molar-refractivity contribution in [3.63, 3.8) is 0 Å². The van der Waals surface area contributed by atoms with Crippen molar-refractivity contribution in [3.05, 3.63) is 45.2 Å². The number of aryl methyl sites for hydroxylation is 1. The lowest BCUT2D eigenvalue weighted by Crippen LogP contribution is -1.95. The van der Waals surface area contributed by atoms with Crippen LogP contribution >= 0.6 is 22.9 Å². The first-order valence-corrected chi connectivity index (χ1v) is 6.54. The second kappa shape index (κ2) is 3.96. The van der Waals surface area contributed by atoms with Crippen molar-refractivity contribution < 1.29 is 4.39 Å². The molecule has 2 aromatic rings. The summed E-state index contributed by atoms with van der Waals surface area (Å²) in [5, 5.41) is 1.02. The second-order valence-electron chi connectivity index (χ2n) is 4.16. The molecule has 0 aliphatic heterocycles. The van der Waals surface area contributed by atoms with Gasteiger partial charge in [0.2, 0.25) is 0 Å². The van der Waals surface area contributed by atoms with Gasteiger partial charge in [-0.2, -0.15) is 0 Å². The van der Waals surface area contributed by atoms with Crippen LogP contribution in [0, 0.1) is 5.82 Å². The van der Waals surface area contributed by atoms with Crippen LogP contribution in [0.3, 0.4) is 0 Å². The van der Waals surface area contributed by atoms with Crippen molar-refractivity contribution in [2.24, 2.45) is 0 Å². The molecule has 3 rings (SSSR count). The van der Waals surface area contributed by atoms with Crippen LogP contribution in [0.2, 0.25) is 5.02 Å². The summed E-state index contributed by atoms with van der Waals surface area (Å²) < 4.78 is 13.3. The third-order valence-corrected chi connectivity index (χ3v) is 4.28. The van der Waals surface area contributed by atoms with Gasteiger partial charge < -0.3 is 5.73 Å². The van der Waals surface area contributed by atoms with E-state index in [0.717, 1.165) is 29.0 Å². The van der Waals surface area contributed by atoms with Crippen LogP contribution in [-0.4, -0.2) is 4.98 Å². The minimum Gasteiger partial charge on any atom is -0.375 e. The number of fused-ring (bicyclic) bond motifs is 1. The normalized spacial score (nSPS) is 18.4. The van der Waals surface area contributed by atoms with Crippen LogP contribution < -0.4 is 5.73 Å². The van der Waals surface area contributed by atoms with Crippen molar-refractivity contribution in [3.8, 4) is 0 Å². The number of thiazole rings is 1. The van der Waals surface area contributed by atoms with Gasteiger partial charge in [0.15, 0.2) is 5.13 Å². The average Bonchev–Trinajstić information content (AvgIpc) is 2.74. The van der Waals surface area contributed by atoms with Crippen molar-refractivity contribution in [2.45, 2.75) is 18.8 Å². The van der Waals surface area contributed by atoms with Crippen molar-refractivity contribution in [1.29, 1.82) is 0 Å². The first-order valence-electron chi connectivity index (χ1n) is 5.34. The Morgan fingerprint density at radius 3 is 3.00 bits per heavy atom. The van der Waals surface area contributed by atoms with Gasteiger partial charge in [-0.05, 0) is 36.6 Å². The van der Waals surface area contributed by atoms with Gasteiger partial charge in [-0.25, -0.2) is 9.37 Å². The van der Waals surface area contributed by atoms with E-state index in [1.807, 2.05) is 6.07 Å². The van der Waals surface area contributed by atoms with Gasteiger partial charge in [0.05, 0.1) is 5.69 Å². The molecule has 0 bridgehead atoms. The highest BCUT2D eigenvalue weighted by molar-refractivity contribution is 7.15. The van der Waals surface area contributed by atoms with Crippen molar-refractivity contribution in [2.75, 3.05) is 5.73 Å². The molecule has 1 unspecified atom stereocenters. The van der Waals surface area contributed by atoms with E-state index in [2.05, 4.69) is 4.98 Å². The monoisotopic (exact) mass is 268 g/mol. The SMILES string of the molecule is Nc1nc2c(s1)C(c1cc(F)cc(Cl)c1)CC2. The number of aromatic nitrogens is 1. The van der Waals surface area contributed by atoms with E-state index in [1.165, 1.54) is 17.4 Å². The fraction of sp³-hybridized carbons (Fsp3) is 0.250. The maximum absolute atomic E-state index is 13.3. The predicted octanol–water partition coefficient (Wildman–Crippen LogP) is 3.60. The van der Waals surface area contributed by atoms with E-state index < -0.39 is 0 Å². The first kappa shape index (κ1) is 11.0. The zero-order chi connectivity index (χ0) is 12.0. The number of hydrogen-bond donors (Lipinski definition) is 1. The number of benzene rings is 1. The summed E-state index contributed by atoms with van der Waals surface area (Å²) in [5.41, 5.74) is 7.66. The van der Waals surface area contributed by atoms with Gasteiger partial charge in [0.1, 0.15) is 5.82 Å². The standard InChI is InChI=1S/C12H10ClFN2S/c13-7-3-6(4-8(14)5-7)9-1-2-10-11(9)17-12(15)16-10/h3-5,9H,1-2H2,(H2,15,16). The fourth-order valence-electron chi connectivity index (χ4n) is 2.34. The van der Waals surface area contributed by atoms with E-state index in [-0.39, 0.29) is 11.7 Å². The predicted molar refractivity (Wildman–Crippen MR) is 68.1 cm³/mol. The quantitative estimate of drug-likeness (QED) is 0.858. The Morgan fingerprint density at radius 1 is 1.41 bits per heavy atom. The molecule has 88 valence electrons. The lowest BCUT2D eigenvalue weighted by Gasteiger charge is -2.10. The Hall–Kier alpha value is -1.13. The Kier molecular flexibility index (Phi) is 2.56. The molecule has 0 saturated carbocycles. The molecule has 1 aromatic heterocycles. The molecule has 0 fully saturated rings. The van der Waals surface area contributed by atoms with Crippen LogP contribution in [0.1, 0.15) is 28.5 Å². The van der Waals surface area contributed by atoms with Gasteiger partial charge in [-0.15, -0.1) is 11.3 Å². The molecule has 1 aliphatic rings. The van der Waals surface area contributed by atoms with Gasteiger partial charge in [-0.1, -0.05) is 11.6 Å². The lowest BCUT2D eigenvalue weighted by molar-refractivity contribution is 0.623. The Bertz CT molecular complexity index is 562. The van der Waals surface area contributed by atoms with Crippen LogP contribution in [0.5, 0.6) is 0 Å². The minimum absolute atomic E-state index is 0.188. The third kappa shape index (κ3) is 1.91. The summed E-state index contributed by atoms with van der Waals surface area (Å²) >= 11 is 7.38. The average molecular weight is 269 g/mol. The smallest absolute Gasteiger partial charge is 0.180 e. The Balaban J connectivity index is 2.05. The van der Waals surface area contributed by atoms with Gasteiger partial charge in [0.25, 0.3) is 0 Å². The molecule has 0 radical (unpaired) electrons. The Labute approximate surface area is 107 Å². The summed E-state index contributed by atoms with van der Waals surface area (Å²) in [6, 6.07) is 4.68. The van der Waals surface area contributed by atoms with Crippen LogP contribution in [-0.2, 0) is 6.42 Å². The number of nitrogens with two attached hydrogens (primary N) is 1. The molecular formula is C12H10ClFN2S. The number of nitrogen functional groups attached to an aromatic ring is 1. The molecular weight excluding hydrogens is 259 g/mol. The molecule has 1 aliphatic carbocycles. The number of hydrogen-bond acceptors (Lipinski definition) is 3. The highest BCUT2D eigenvalue weighted by Gasteiger charge is 2.28. The fourth-order valence-corrected chi connectivity index (χ4v) is 3.61. The van der Waals surface area contributed by atoms with E-state index in [1.54, 1.807) is 6.07 Å². The van der Waals surface area contributed by atoms with E-state index in [9.17, 15) is 4.39 Å². The zero-order valence-corrected chi connectivity index (χ0v) is 10.5. The number of anilines is 1. The van der Waals surface area contributed by atoms with Gasteiger partial charge in [0, 0.05) is 15.8 Å². The van der Waals surface area contributed by atoms with Crippen LogP contribution in [0.4, 0.5) is 9.52 Å². The molecule has 2 nitrogen and oxygen atoms in total. The number of rotatable bonds is 1. The minimum atomic E-state index is -0.293. The van der Waals surface area contributed by atoms with Crippen LogP contribution in [0.25, 0.3) is 0 Å². The van der Waals surface area contributed by atoms with Crippen LogP contribution in [0.15, 0.2) is 18.2 Å². The molecule has 5 heteroatoms. The molecule has 1 aromatic carbocycles. The summed E-state index contributed by atoms with van der Waals surface area (Å²) in [6.07, 6.45) is 1.86. The maximum Gasteiger partial charge on any atom is 0.180 e. The highest BCUT2D eigenvalue weighted by atomic mass is 35.5. The number of nitrogens with zero attached hydrogens (tertiary/aromatic N) is 1. The third-order valence-electron chi connectivity index (χ3n) is 3.02. The summed E-state index contributed by atoms with van der Waals surface area (Å²) in [4.78, 5) is 5.44. The summed E-state index contributed by atoms with van der Waals surface area (Å²) in [5.74, 6) is -0.105. The zero-order valence-electron chi connectivity index (χ0n) is 8.91. The largest absolute Gasteiger partial charge is 0.375 e. The molecule has 1 heterocycles. The number of halogens is 2. The molecule has 0 spiro atoms. The lowest BCUT2D eigenvalue weighted by atomic mass is 9.98. The molecule has 0 saturated heterocycles. The molecule has 0 amide bonds. The van der Waals surface area contributed by atoms with E-state index >= 15 is 0 Å². The topological polar surface area (TPSA) is 38.9 Å². The van der Waals surface area contributed by atoms with Crippen molar-refractivity contribution in [1.82, 2.24) is 4.98 Å². The molecule has 1 atom stereocenters. The maximum atomic E-state index is 13.3. The van der Waals surface area contributed by atoms with Gasteiger partial charge in [-0.3, -0.25) is 0 Å². The van der Waals surface area contributed by atoms with E-state index in [4.69, 9.17) is 17.3 Å². The molecule has 2 N–H and O–H groups in total. The second-order valence-corrected chi connectivity index (χ2v) is 5.66. The summed E-state index contributed by atoms with van der Waals surface area (Å²) in [6.45, 7) is 0. The van der Waals surface area contributed by atoms with E-state index in [0.29, 0.717) is 10.2 Å². The first-order chi connectivity index (χ1) is 8.13. The molecule has 17 heavy (non-hydrogen) atoms.